The van der Waals surface area contributed by atoms with E-state index in [4.69, 9.17) is 46.4 Å². The van der Waals surface area contributed by atoms with Crippen molar-refractivity contribution in [2.45, 2.75) is 22.8 Å². The van der Waals surface area contributed by atoms with Crippen molar-refractivity contribution >= 4 is 113 Å². The average Bonchev–Trinajstić information content (AvgIpc) is 3.41. The average molecular weight is 908 g/mol. The van der Waals surface area contributed by atoms with E-state index >= 15 is 0 Å². The number of hydrogen-bond acceptors (Lipinski definition) is 14. The molecule has 2 heterocycles. The Labute approximate surface area is 389 Å². The summed E-state index contributed by atoms with van der Waals surface area (Å²) in [7, 11) is -9.73. The summed E-state index contributed by atoms with van der Waals surface area (Å²) in [5.41, 5.74) is 1.16. The maximum absolute atomic E-state index is 13.2. The number of nitrogens with zero attached hydrogens (tertiary/aromatic N) is 7. The number of halogens is 4. The van der Waals surface area contributed by atoms with Gasteiger partial charge < -0.3 is 15.0 Å². The van der Waals surface area contributed by atoms with Gasteiger partial charge in [-0.05, 0) is 95.7 Å². The normalized spacial score (nSPS) is 14.6. The summed E-state index contributed by atoms with van der Waals surface area (Å²) in [5.74, 6) is -1.48. The number of hydrazone groups is 1. The van der Waals surface area contributed by atoms with Gasteiger partial charge in [-0.25, -0.2) is 13.4 Å². The molecular formula is C33H20Cl4N8Na2O8S2. The molecule has 24 heteroatoms. The Morgan fingerprint density at radius 3 is 2.25 bits per heavy atom. The quantitative estimate of drug-likeness (QED) is 0.0381. The molecule has 1 amide bonds. The molecular weight excluding hydrogens is 888 g/mol. The third-order valence-corrected chi connectivity index (χ3v) is 10.6. The number of carbonyl (C=O) groups is 1. The Morgan fingerprint density at radius 1 is 0.895 bits per heavy atom. The second-order valence-electron chi connectivity index (χ2n) is 11.4. The van der Waals surface area contributed by atoms with Crippen molar-refractivity contribution in [3.8, 4) is 11.1 Å². The molecule has 0 fully saturated rings. The summed E-state index contributed by atoms with van der Waals surface area (Å²) >= 11 is 24.1. The predicted octanol–water partition coefficient (Wildman–Crippen LogP) is 0.973. The number of azo groups is 1. The Balaban J connectivity index is 0.00000360. The maximum atomic E-state index is 13.2. The SMILES string of the molecule is CC1=NN(c2cc(S(=O)(=O)[O-])ccc2Cl)C(=O)C1N=Nc1cccc(C([O-])=Nc2ccc(-c3ccc(Nc4nc(Cl)nc(Cl)c4Cl)cc3)cc2S(=O)(=O)O)c1.[Na+].[Na+]. The van der Waals surface area contributed by atoms with Crippen LogP contribution in [0.15, 0.2) is 115 Å². The van der Waals surface area contributed by atoms with Gasteiger partial charge in [0, 0.05) is 5.69 Å². The van der Waals surface area contributed by atoms with E-state index in [2.05, 4.69) is 35.6 Å². The van der Waals surface area contributed by atoms with Crippen molar-refractivity contribution < 1.29 is 95.0 Å². The Hall–Kier alpha value is -3.05. The van der Waals surface area contributed by atoms with Gasteiger partial charge in [0.25, 0.3) is 16.0 Å². The number of nitrogens with one attached hydrogen (secondary N) is 1. The van der Waals surface area contributed by atoms with E-state index in [1.807, 2.05) is 0 Å². The Bertz CT molecular complexity index is 2710. The van der Waals surface area contributed by atoms with Gasteiger partial charge in [0.1, 0.15) is 20.0 Å². The van der Waals surface area contributed by atoms with Crippen LogP contribution in [0.1, 0.15) is 12.5 Å². The molecule has 0 aliphatic carbocycles. The van der Waals surface area contributed by atoms with E-state index in [0.717, 1.165) is 29.3 Å². The first kappa shape index (κ1) is 46.6. The second-order valence-corrected chi connectivity index (χ2v) is 15.6. The smallest absolute Gasteiger partial charge is 0.858 e. The van der Waals surface area contributed by atoms with Crippen LogP contribution >= 0.6 is 46.4 Å². The van der Waals surface area contributed by atoms with Gasteiger partial charge in [0.15, 0.2) is 17.0 Å². The van der Waals surface area contributed by atoms with Crippen LogP contribution < -0.4 is 74.5 Å². The van der Waals surface area contributed by atoms with E-state index in [0.29, 0.717) is 16.8 Å². The predicted molar refractivity (Wildman–Crippen MR) is 203 cm³/mol. The van der Waals surface area contributed by atoms with Gasteiger partial charge in [-0.1, -0.05) is 65.1 Å². The van der Waals surface area contributed by atoms with E-state index in [9.17, 15) is 35.8 Å². The van der Waals surface area contributed by atoms with Crippen LogP contribution in [0, 0.1) is 0 Å². The second kappa shape index (κ2) is 18.9. The molecule has 1 unspecified atom stereocenters. The van der Waals surface area contributed by atoms with Crippen LogP contribution in [0.4, 0.5) is 28.6 Å². The zero-order chi connectivity index (χ0) is 39.8. The number of benzene rings is 4. The molecule has 1 aromatic heterocycles. The minimum Gasteiger partial charge on any atom is -0.858 e. The number of rotatable bonds is 10. The number of carbonyl (C=O) groups excluding carboxylic acids is 1. The fourth-order valence-electron chi connectivity index (χ4n) is 5.02. The summed E-state index contributed by atoms with van der Waals surface area (Å²) in [4.78, 5) is 23.6. The number of amides is 1. The van der Waals surface area contributed by atoms with Crippen LogP contribution in [-0.4, -0.2) is 59.5 Å². The molecule has 1 aliphatic rings. The van der Waals surface area contributed by atoms with E-state index in [1.54, 1.807) is 24.3 Å². The van der Waals surface area contributed by atoms with Crippen LogP contribution in [0.2, 0.25) is 20.5 Å². The van der Waals surface area contributed by atoms with Gasteiger partial charge in [0.2, 0.25) is 5.28 Å². The topological polar surface area (TPSA) is 242 Å². The molecule has 0 bridgehead atoms. The minimum absolute atomic E-state index is 0. The molecule has 6 rings (SSSR count). The molecule has 0 spiro atoms. The minimum atomic E-state index is -4.87. The standard InChI is InChI=1S/C33H22Cl4N8O8S2.2Na/c1-16-28(32(47)45(44-16)25-15-22(54(48,49)50)10-11-23(25)34)43-42-21-4-2-3-19(13-21)31(46)39-24-12-7-18(14-26(24)55(51,52)53)17-5-8-20(9-6-17)38-30-27(35)29(36)40-33(37)41-30;;/h2-15,28H,1H3,(H,39,46)(H,38,40,41)(H,48,49,50)(H,51,52,53);;/q;2*+1/p-2. The van der Waals surface area contributed by atoms with E-state index in [1.165, 1.54) is 43.3 Å². The zero-order valence-corrected chi connectivity index (χ0v) is 38.1. The van der Waals surface area contributed by atoms with Gasteiger partial charge in [-0.15, -0.1) is 0 Å². The first-order valence-electron chi connectivity index (χ1n) is 15.2. The van der Waals surface area contributed by atoms with Crippen molar-refractivity contribution in [2.75, 3.05) is 10.3 Å². The van der Waals surface area contributed by atoms with Crippen molar-refractivity contribution in [2.24, 2.45) is 20.3 Å². The van der Waals surface area contributed by atoms with Gasteiger partial charge >= 0.3 is 59.1 Å². The van der Waals surface area contributed by atoms with E-state index < -0.39 is 47.9 Å². The monoisotopic (exact) mass is 906 g/mol. The molecule has 4 aromatic carbocycles. The molecule has 5 aromatic rings. The fraction of sp³-hybridized carbons (Fsp3) is 0.0606. The third kappa shape index (κ3) is 11.0. The van der Waals surface area contributed by atoms with E-state index in [-0.39, 0.29) is 114 Å². The van der Waals surface area contributed by atoms with Crippen LogP contribution in [-0.2, 0) is 25.0 Å². The summed E-state index contributed by atoms with van der Waals surface area (Å²) in [6, 6.07) is 17.9. The number of anilines is 3. The van der Waals surface area contributed by atoms with Gasteiger partial charge in [-0.2, -0.15) is 33.7 Å². The van der Waals surface area contributed by atoms with Crippen molar-refractivity contribution in [1.82, 2.24) is 9.97 Å². The summed E-state index contributed by atoms with van der Waals surface area (Å²) in [6.45, 7) is 1.47. The van der Waals surface area contributed by atoms with Gasteiger partial charge in [0.05, 0.1) is 32.7 Å². The molecule has 282 valence electrons. The largest absolute Gasteiger partial charge is 1.00 e. The van der Waals surface area contributed by atoms with Crippen LogP contribution in [0.3, 0.4) is 0 Å². The van der Waals surface area contributed by atoms with Crippen LogP contribution in [0.5, 0.6) is 0 Å². The number of hydrogen-bond donors (Lipinski definition) is 2. The molecule has 0 saturated heterocycles. The first-order chi connectivity index (χ1) is 25.9. The Morgan fingerprint density at radius 2 is 1.58 bits per heavy atom. The molecule has 0 saturated carbocycles. The Kier molecular flexibility index (Phi) is 15.5. The van der Waals surface area contributed by atoms with Crippen molar-refractivity contribution in [3.05, 3.63) is 111 Å². The molecule has 2 N–H and O–H groups in total. The zero-order valence-electron chi connectivity index (χ0n) is 29.4. The number of aliphatic imine (C=N–C) groups is 1. The third-order valence-electron chi connectivity index (χ3n) is 7.64. The molecule has 16 nitrogen and oxygen atoms in total. The van der Waals surface area contributed by atoms with Crippen molar-refractivity contribution in [3.63, 3.8) is 0 Å². The molecule has 0 radical (unpaired) electrons. The maximum Gasteiger partial charge on any atom is 1.00 e. The summed E-state index contributed by atoms with van der Waals surface area (Å²) in [6.07, 6.45) is 0. The summed E-state index contributed by atoms with van der Waals surface area (Å²) < 4.78 is 69.4. The van der Waals surface area contributed by atoms with Gasteiger partial charge in [-0.3, -0.25) is 14.3 Å². The molecule has 1 aliphatic heterocycles. The first-order valence-corrected chi connectivity index (χ1v) is 19.5. The molecule has 1 atom stereocenters. The van der Waals surface area contributed by atoms with Crippen LogP contribution in [0.25, 0.3) is 11.1 Å². The molecule has 57 heavy (non-hydrogen) atoms. The fourth-order valence-corrected chi connectivity index (χ4v) is 6.88. The summed E-state index contributed by atoms with van der Waals surface area (Å²) in [5, 5.41) is 29.0. The number of aromatic nitrogens is 2. The van der Waals surface area contributed by atoms with Crippen molar-refractivity contribution in [1.29, 1.82) is 0 Å².